The van der Waals surface area contributed by atoms with Gasteiger partial charge in [0.2, 0.25) is 19.8 Å². The Kier molecular flexibility index (Phi) is 22.5. The quantitative estimate of drug-likeness (QED) is 0.422. The lowest BCUT2D eigenvalue weighted by molar-refractivity contribution is 0.664. The molecule has 0 saturated carbocycles. The summed E-state index contributed by atoms with van der Waals surface area (Å²) in [7, 11) is 0.625. The van der Waals surface area contributed by atoms with Crippen LogP contribution in [0.15, 0.2) is 0 Å². The monoisotopic (exact) mass is 186 g/mol. The molecule has 8 heavy (non-hydrogen) atoms. The summed E-state index contributed by atoms with van der Waals surface area (Å²) >= 11 is 0. The van der Waals surface area contributed by atoms with E-state index in [4.69, 9.17) is 10.8 Å². The maximum Gasteiger partial charge on any atom is 0.221 e. The molecular weight excluding hydrogens is 172 g/mol. The van der Waals surface area contributed by atoms with Gasteiger partial charge < -0.3 is 19.0 Å². The molecule has 4 N–H and O–H groups in total. The fraction of sp³-hybridized carbons (Fsp3) is 0. The van der Waals surface area contributed by atoms with Crippen molar-refractivity contribution < 1.29 is 8.23 Å². The first kappa shape index (κ1) is 11.5. The normalized spacial score (nSPS) is 11.2. The lowest BCUT2D eigenvalue weighted by atomic mass is 13.9. The van der Waals surface area contributed by atoms with E-state index in [1.54, 1.807) is 0 Å². The Morgan fingerprint density at radius 1 is 1.00 bits per heavy atom. The van der Waals surface area contributed by atoms with E-state index >= 15 is 0 Å². The molecule has 0 heterocycles. The second-order valence-electron chi connectivity index (χ2n) is 0.911. The van der Waals surface area contributed by atoms with Crippen molar-refractivity contribution in [3.05, 3.63) is 0 Å². The average molecular weight is 186 g/mol. The van der Waals surface area contributed by atoms with Gasteiger partial charge in [-0.05, 0) is 0 Å². The first-order chi connectivity index (χ1) is 3.83. The highest BCUT2D eigenvalue weighted by atomic mass is 28.3. The minimum absolute atomic E-state index is 0.514. The summed E-state index contributed by atoms with van der Waals surface area (Å²) in [5.74, 6) is 0. The summed E-state index contributed by atoms with van der Waals surface area (Å²) in [5, 5.41) is 9.96. The van der Waals surface area contributed by atoms with E-state index < -0.39 is 19.8 Å². The van der Waals surface area contributed by atoms with Crippen LogP contribution >= 0.6 is 0 Å². The van der Waals surface area contributed by atoms with Crippen LogP contribution < -0.4 is 10.8 Å². The Balaban J connectivity index is 0. The van der Waals surface area contributed by atoms with Crippen molar-refractivity contribution in [1.82, 2.24) is 0 Å². The van der Waals surface area contributed by atoms with E-state index in [1.165, 1.54) is 0 Å². The Morgan fingerprint density at radius 3 is 1.12 bits per heavy atom. The van der Waals surface area contributed by atoms with Gasteiger partial charge in [-0.25, -0.2) is 0 Å². The maximum atomic E-state index is 4.98. The summed E-state index contributed by atoms with van der Waals surface area (Å²) in [4.78, 5) is 0. The minimum Gasteiger partial charge on any atom is -0.457 e. The largest absolute Gasteiger partial charge is 0.457 e. The molecule has 0 aromatic carbocycles. The number of hydrogen-bond donors (Lipinski definition) is 2. The van der Waals surface area contributed by atoms with Crippen LogP contribution in [0.25, 0.3) is 0 Å². The Hall–Kier alpha value is 0.708. The van der Waals surface area contributed by atoms with Gasteiger partial charge in [-0.15, -0.1) is 0 Å². The van der Waals surface area contributed by atoms with Crippen molar-refractivity contribution in [2.45, 2.75) is 0 Å². The standard InChI is InChI=1S/2H7NOSi2/c2*1-4-2-3/h2*1,4H2,3H3. The number of rotatable bonds is 2. The molecule has 0 saturated heterocycles. The highest BCUT2D eigenvalue weighted by molar-refractivity contribution is 6.30. The van der Waals surface area contributed by atoms with E-state index in [9.17, 15) is 0 Å². The van der Waals surface area contributed by atoms with Crippen molar-refractivity contribution in [1.29, 1.82) is 0 Å². The molecule has 0 bridgehead atoms. The van der Waals surface area contributed by atoms with E-state index in [0.717, 1.165) is 21.0 Å². The molecule has 52 valence electrons. The molecule has 0 aliphatic heterocycles. The van der Waals surface area contributed by atoms with Gasteiger partial charge in [0.05, 0.1) is 0 Å². The predicted molar refractivity (Wildman–Crippen MR) is 47.5 cm³/mol. The minimum atomic E-state index is -0.514. The van der Waals surface area contributed by atoms with Crippen LogP contribution in [0.4, 0.5) is 0 Å². The molecule has 0 fully saturated rings. The molecular formula is H14N2O2Si4. The van der Waals surface area contributed by atoms with Crippen LogP contribution in [0.3, 0.4) is 0 Å². The van der Waals surface area contributed by atoms with Crippen LogP contribution in [0.1, 0.15) is 0 Å². The Morgan fingerprint density at radius 2 is 1.12 bits per heavy atom. The van der Waals surface area contributed by atoms with E-state index in [-0.39, 0.29) is 0 Å². The van der Waals surface area contributed by atoms with Crippen LogP contribution in [0.5, 0.6) is 0 Å². The van der Waals surface area contributed by atoms with Crippen molar-refractivity contribution >= 4 is 40.8 Å². The average Bonchev–Trinajstić information content (AvgIpc) is 1.88. The molecule has 0 aromatic heterocycles. The molecule has 0 atom stereocenters. The molecule has 0 rings (SSSR count). The third-order valence-electron chi connectivity index (χ3n) is 0.333. The first-order valence-corrected chi connectivity index (χ1v) is 6.63. The lowest BCUT2D eigenvalue weighted by Crippen LogP contribution is -2.06. The molecule has 0 aliphatic rings. The summed E-state index contributed by atoms with van der Waals surface area (Å²) in [5.41, 5.74) is 0. The topological polar surface area (TPSA) is 70.5 Å². The number of hydrogen-bond acceptors (Lipinski definition) is 4. The zero-order chi connectivity index (χ0) is 6.83. The highest BCUT2D eigenvalue weighted by Gasteiger charge is 1.54. The van der Waals surface area contributed by atoms with Gasteiger partial charge in [0.1, 0.15) is 21.0 Å². The van der Waals surface area contributed by atoms with Crippen LogP contribution in [0.2, 0.25) is 0 Å². The van der Waals surface area contributed by atoms with E-state index in [1.807, 2.05) is 0 Å². The fourth-order valence-electron chi connectivity index (χ4n) is 0. The summed E-state index contributed by atoms with van der Waals surface area (Å²) in [6, 6.07) is 0. The van der Waals surface area contributed by atoms with E-state index in [2.05, 4.69) is 8.23 Å². The van der Waals surface area contributed by atoms with Crippen molar-refractivity contribution in [3.63, 3.8) is 0 Å². The third-order valence-corrected chi connectivity index (χ3v) is 3.00. The zero-order valence-corrected chi connectivity index (χ0v) is 12.2. The van der Waals surface area contributed by atoms with Gasteiger partial charge in [0.15, 0.2) is 0 Å². The summed E-state index contributed by atoms with van der Waals surface area (Å²) in [6.45, 7) is 0. The van der Waals surface area contributed by atoms with Gasteiger partial charge >= 0.3 is 0 Å². The maximum absolute atomic E-state index is 4.98. The highest BCUT2D eigenvalue weighted by Crippen LogP contribution is 1.32. The van der Waals surface area contributed by atoms with Crippen molar-refractivity contribution in [3.8, 4) is 0 Å². The molecule has 0 radical (unpaired) electrons. The second kappa shape index (κ2) is 15.6. The Bertz CT molecular complexity index is 20.0. The van der Waals surface area contributed by atoms with Gasteiger partial charge in [-0.2, -0.15) is 0 Å². The van der Waals surface area contributed by atoms with Crippen molar-refractivity contribution in [2.75, 3.05) is 0 Å². The van der Waals surface area contributed by atoms with Crippen LogP contribution in [0, 0.1) is 0 Å². The van der Waals surface area contributed by atoms with Crippen molar-refractivity contribution in [2.24, 2.45) is 10.8 Å². The van der Waals surface area contributed by atoms with Crippen LogP contribution in [-0.2, 0) is 8.23 Å². The second-order valence-corrected chi connectivity index (χ2v) is 6.20. The molecule has 8 heteroatoms. The van der Waals surface area contributed by atoms with E-state index in [0.29, 0.717) is 0 Å². The molecule has 4 nitrogen and oxygen atoms in total. The van der Waals surface area contributed by atoms with Gasteiger partial charge in [0, 0.05) is 0 Å². The lowest BCUT2D eigenvalue weighted by Gasteiger charge is -1.76. The molecule has 0 aromatic rings. The molecule has 0 aliphatic carbocycles. The zero-order valence-electron chi connectivity index (χ0n) is 5.39. The van der Waals surface area contributed by atoms with Gasteiger partial charge in [-0.3, -0.25) is 0 Å². The van der Waals surface area contributed by atoms with Gasteiger partial charge in [0.25, 0.3) is 0 Å². The fourth-order valence-corrected chi connectivity index (χ4v) is 0. The molecule has 0 amide bonds. The first-order valence-electron chi connectivity index (χ1n) is 2.21. The number of nitrogens with two attached hydrogens (primary N) is 2. The van der Waals surface area contributed by atoms with Crippen LogP contribution in [-0.4, -0.2) is 40.8 Å². The smallest absolute Gasteiger partial charge is 0.221 e. The molecule has 0 unspecified atom stereocenters. The molecule has 0 spiro atoms. The SMILES string of the molecule is N[SiH2]O[SiH3].N[SiH2]O[SiH3]. The third kappa shape index (κ3) is 29.8. The van der Waals surface area contributed by atoms with Gasteiger partial charge in [-0.1, -0.05) is 0 Å². The summed E-state index contributed by atoms with van der Waals surface area (Å²) < 4.78 is 9.19. The predicted octanol–water partition coefficient (Wildman–Crippen LogP) is -5.52. The Labute approximate surface area is 60.4 Å². The summed E-state index contributed by atoms with van der Waals surface area (Å²) in [6.07, 6.45) is 0.